The number of aliphatic hydroxyl groups is 1. The van der Waals surface area contributed by atoms with Crippen LogP contribution in [-0.4, -0.2) is 61.8 Å². The molecule has 1 fully saturated rings. The second kappa shape index (κ2) is 10.8. The molecule has 40 heavy (non-hydrogen) atoms. The summed E-state index contributed by atoms with van der Waals surface area (Å²) in [6, 6.07) is 13.3. The molecule has 0 radical (unpaired) electrons. The maximum absolute atomic E-state index is 13.1. The van der Waals surface area contributed by atoms with Crippen molar-refractivity contribution in [1.82, 2.24) is 10.2 Å². The molecular formula is C29H29ClN2O7S. The zero-order valence-electron chi connectivity index (χ0n) is 22.1. The van der Waals surface area contributed by atoms with Gasteiger partial charge in [-0.2, -0.15) is 0 Å². The highest BCUT2D eigenvalue weighted by Gasteiger charge is 2.51. The number of sulfone groups is 1. The van der Waals surface area contributed by atoms with Crippen LogP contribution in [0.2, 0.25) is 5.02 Å². The third-order valence-corrected chi connectivity index (χ3v) is 8.68. The number of carbonyl (C=O) groups is 2. The van der Waals surface area contributed by atoms with E-state index in [1.54, 1.807) is 49.4 Å². The molecule has 0 aliphatic carbocycles. The number of hydrogen-bond acceptors (Lipinski definition) is 8. The lowest BCUT2D eigenvalue weighted by Crippen LogP contribution is -2.52. The third kappa shape index (κ3) is 5.52. The Morgan fingerprint density at radius 1 is 1.18 bits per heavy atom. The number of aryl methyl sites for hydroxylation is 1. The van der Waals surface area contributed by atoms with E-state index in [1.807, 2.05) is 4.90 Å². The molecule has 2 aromatic carbocycles. The number of piperidine rings is 1. The van der Waals surface area contributed by atoms with Crippen molar-refractivity contribution in [3.63, 3.8) is 0 Å². The van der Waals surface area contributed by atoms with Gasteiger partial charge in [0.15, 0.2) is 21.2 Å². The number of benzene rings is 2. The van der Waals surface area contributed by atoms with Crippen molar-refractivity contribution in [2.75, 3.05) is 25.9 Å². The molecular weight excluding hydrogens is 556 g/mol. The van der Waals surface area contributed by atoms with Gasteiger partial charge in [-0.05, 0) is 79.4 Å². The molecule has 5 rings (SSSR count). The van der Waals surface area contributed by atoms with Crippen molar-refractivity contribution < 1.29 is 32.3 Å². The zero-order chi connectivity index (χ0) is 28.7. The summed E-state index contributed by atoms with van der Waals surface area (Å²) in [5.41, 5.74) is 1.08. The summed E-state index contributed by atoms with van der Waals surface area (Å²) in [4.78, 5) is 27.7. The van der Waals surface area contributed by atoms with Crippen LogP contribution in [0.5, 0.6) is 0 Å². The Kier molecular flexibility index (Phi) is 7.52. The quantitative estimate of drug-likeness (QED) is 0.394. The molecule has 11 heteroatoms. The molecule has 2 aliphatic heterocycles. The van der Waals surface area contributed by atoms with Crippen molar-refractivity contribution in [2.45, 2.75) is 36.8 Å². The molecule has 1 spiro atoms. The number of carbonyl (C=O) groups excluding carboxylic acids is 2. The fourth-order valence-corrected chi connectivity index (χ4v) is 6.22. The molecule has 1 aromatic heterocycles. The number of esters is 1. The first kappa shape index (κ1) is 27.9. The molecule has 210 valence electrons. The first-order valence-corrected chi connectivity index (χ1v) is 15.0. The van der Waals surface area contributed by atoms with E-state index in [9.17, 15) is 23.1 Å². The van der Waals surface area contributed by atoms with Gasteiger partial charge in [0, 0.05) is 23.4 Å². The number of amides is 1. The van der Waals surface area contributed by atoms with Crippen LogP contribution < -0.4 is 5.32 Å². The number of aliphatic hydroxyl groups excluding tert-OH is 1. The highest BCUT2D eigenvalue weighted by atomic mass is 35.5. The summed E-state index contributed by atoms with van der Waals surface area (Å²) in [5, 5.41) is 14.5. The predicted molar refractivity (Wildman–Crippen MR) is 149 cm³/mol. The summed E-state index contributed by atoms with van der Waals surface area (Å²) >= 11 is 6.64. The fourth-order valence-electron chi connectivity index (χ4n) is 5.28. The molecule has 3 aromatic rings. The van der Waals surface area contributed by atoms with Gasteiger partial charge in [-0.15, -0.1) is 0 Å². The predicted octanol–water partition coefficient (Wildman–Crippen LogP) is 4.29. The van der Waals surface area contributed by atoms with Crippen LogP contribution in [0.1, 0.15) is 29.7 Å². The molecule has 2 aliphatic rings. The van der Waals surface area contributed by atoms with E-state index in [0.717, 1.165) is 6.26 Å². The van der Waals surface area contributed by atoms with E-state index >= 15 is 0 Å². The van der Waals surface area contributed by atoms with Gasteiger partial charge in [-0.1, -0.05) is 23.7 Å². The van der Waals surface area contributed by atoms with Crippen LogP contribution in [0, 0.1) is 6.92 Å². The van der Waals surface area contributed by atoms with Crippen molar-refractivity contribution in [3.05, 3.63) is 82.5 Å². The van der Waals surface area contributed by atoms with Crippen LogP contribution in [-0.2, 0) is 30.7 Å². The van der Waals surface area contributed by atoms with E-state index in [4.69, 9.17) is 20.8 Å². The Morgan fingerprint density at radius 2 is 1.98 bits per heavy atom. The molecule has 0 saturated carbocycles. The molecule has 2 N–H and O–H groups in total. The van der Waals surface area contributed by atoms with Crippen molar-refractivity contribution >= 4 is 38.9 Å². The monoisotopic (exact) mass is 584 g/mol. The van der Waals surface area contributed by atoms with Gasteiger partial charge in [-0.25, -0.2) is 13.2 Å². The lowest BCUT2D eigenvalue weighted by Gasteiger charge is -2.38. The number of nitrogens with one attached hydrogen (secondary N) is 1. The number of furan rings is 1. The van der Waals surface area contributed by atoms with Crippen molar-refractivity contribution in [3.8, 4) is 11.1 Å². The second-order valence-corrected chi connectivity index (χ2v) is 12.6. The molecule has 1 amide bonds. The van der Waals surface area contributed by atoms with Crippen molar-refractivity contribution in [1.29, 1.82) is 0 Å². The van der Waals surface area contributed by atoms with Crippen LogP contribution in [0.4, 0.5) is 0 Å². The number of halogens is 1. The first-order chi connectivity index (χ1) is 19.0. The van der Waals surface area contributed by atoms with Crippen LogP contribution in [0.3, 0.4) is 0 Å². The largest absolute Gasteiger partial charge is 0.507 e. The normalized spacial score (nSPS) is 19.7. The number of ether oxygens (including phenoxy) is 1. The van der Waals surface area contributed by atoms with E-state index < -0.39 is 21.4 Å². The second-order valence-electron chi connectivity index (χ2n) is 10.2. The maximum Gasteiger partial charge on any atom is 0.343 e. The minimum atomic E-state index is -3.41. The third-order valence-electron chi connectivity index (χ3n) is 7.26. The minimum Gasteiger partial charge on any atom is -0.507 e. The number of hydrogen-bond donors (Lipinski definition) is 2. The summed E-state index contributed by atoms with van der Waals surface area (Å²) < 4.78 is 35.1. The summed E-state index contributed by atoms with van der Waals surface area (Å²) in [5.74, 6) is -0.405. The number of rotatable bonds is 7. The highest BCUT2D eigenvalue weighted by molar-refractivity contribution is 7.90. The van der Waals surface area contributed by atoms with Gasteiger partial charge in [0.05, 0.1) is 24.2 Å². The van der Waals surface area contributed by atoms with Gasteiger partial charge >= 0.3 is 5.97 Å². The Morgan fingerprint density at radius 3 is 2.70 bits per heavy atom. The minimum absolute atomic E-state index is 0.0416. The van der Waals surface area contributed by atoms with Crippen LogP contribution >= 0.6 is 11.6 Å². The van der Waals surface area contributed by atoms with Gasteiger partial charge in [0.25, 0.3) is 0 Å². The van der Waals surface area contributed by atoms with Crippen LogP contribution in [0.15, 0.2) is 69.9 Å². The lowest BCUT2D eigenvalue weighted by atomic mass is 9.87. The zero-order valence-corrected chi connectivity index (χ0v) is 23.6. The smallest absolute Gasteiger partial charge is 0.343 e. The number of likely N-dealkylation sites (tertiary alicyclic amines) is 1. The standard InChI is InChI=1S/C29H29ClN2O7S/c1-18-12-23(19-6-3-8-21(13-19)40(2,36)37)24(30)14-22(18)26-27(34)29(39-28(26)35)9-5-10-32(17-29)16-25(33)31-15-20-7-4-11-38-20/h3-4,6-8,11-14,34H,5,9-10,15-17H2,1-2H3,(H,31,33). The molecule has 1 saturated heterocycles. The van der Waals surface area contributed by atoms with Crippen LogP contribution in [0.25, 0.3) is 16.7 Å². The van der Waals surface area contributed by atoms with Gasteiger partial charge in [-0.3, -0.25) is 9.69 Å². The van der Waals surface area contributed by atoms with E-state index in [0.29, 0.717) is 52.4 Å². The number of nitrogens with zero attached hydrogens (tertiary/aromatic N) is 1. The van der Waals surface area contributed by atoms with Gasteiger partial charge < -0.3 is 19.6 Å². The SMILES string of the molecule is Cc1cc(-c2cccc(S(C)(=O)=O)c2)c(Cl)cc1C1=C(O)C2(CCCN(CC(=O)NCc3ccco3)C2)OC1=O. The fraction of sp³-hybridized carbons (Fsp3) is 0.310. The van der Waals surface area contributed by atoms with E-state index in [1.165, 1.54) is 12.3 Å². The van der Waals surface area contributed by atoms with Gasteiger partial charge in [0.1, 0.15) is 11.3 Å². The maximum atomic E-state index is 13.1. The Bertz CT molecular complexity index is 1610. The average Bonchev–Trinajstić information content (AvgIpc) is 3.50. The lowest BCUT2D eigenvalue weighted by molar-refractivity contribution is -0.152. The molecule has 1 atom stereocenters. The van der Waals surface area contributed by atoms with E-state index in [-0.39, 0.29) is 41.8 Å². The molecule has 9 nitrogen and oxygen atoms in total. The first-order valence-electron chi connectivity index (χ1n) is 12.8. The molecule has 3 heterocycles. The summed E-state index contributed by atoms with van der Waals surface area (Å²) in [6.45, 7) is 2.91. The van der Waals surface area contributed by atoms with E-state index in [2.05, 4.69) is 5.32 Å². The topological polar surface area (TPSA) is 126 Å². The highest BCUT2D eigenvalue weighted by Crippen LogP contribution is 2.44. The summed E-state index contributed by atoms with van der Waals surface area (Å²) in [7, 11) is -3.41. The average molecular weight is 585 g/mol. The Labute approximate surface area is 237 Å². The molecule has 0 bridgehead atoms. The summed E-state index contributed by atoms with van der Waals surface area (Å²) in [6.07, 6.45) is 3.71. The Hall–Kier alpha value is -3.60. The molecule has 1 unspecified atom stereocenters. The van der Waals surface area contributed by atoms with Crippen molar-refractivity contribution in [2.24, 2.45) is 0 Å². The van der Waals surface area contributed by atoms with Gasteiger partial charge in [0.2, 0.25) is 5.91 Å². The Balaban J connectivity index is 1.39.